The Morgan fingerprint density at radius 1 is 1.41 bits per heavy atom. The van der Waals surface area contributed by atoms with E-state index in [1.165, 1.54) is 17.9 Å². The van der Waals surface area contributed by atoms with Crippen molar-refractivity contribution in [2.75, 3.05) is 7.11 Å². The van der Waals surface area contributed by atoms with E-state index in [0.29, 0.717) is 17.1 Å². The fourth-order valence-electron chi connectivity index (χ4n) is 1.37. The third kappa shape index (κ3) is 2.30. The zero-order valence-corrected chi connectivity index (χ0v) is 9.46. The molecule has 0 N–H and O–H groups in total. The summed E-state index contributed by atoms with van der Waals surface area (Å²) in [5.74, 6) is -0.356. The van der Waals surface area contributed by atoms with E-state index in [-0.39, 0.29) is 5.82 Å². The van der Waals surface area contributed by atoms with Gasteiger partial charge in [0.1, 0.15) is 30.0 Å². The molecule has 88 valence electrons. The number of oxime groups is 1. The topological polar surface area (TPSA) is 52.3 Å². The maximum Gasteiger partial charge on any atom is 0.148 e. The molecule has 0 amide bonds. The molecule has 2 rings (SSSR count). The van der Waals surface area contributed by atoms with Crippen LogP contribution in [0.2, 0.25) is 0 Å². The third-order valence-electron chi connectivity index (χ3n) is 2.19. The van der Waals surface area contributed by atoms with Gasteiger partial charge in [-0.3, -0.25) is 0 Å². The normalized spacial score (nSPS) is 11.6. The first kappa shape index (κ1) is 11.3. The molecule has 1 heterocycles. The molecule has 0 radical (unpaired) electrons. The van der Waals surface area contributed by atoms with Gasteiger partial charge in [-0.05, 0) is 19.1 Å². The van der Waals surface area contributed by atoms with Crippen molar-refractivity contribution < 1.29 is 9.23 Å². The minimum absolute atomic E-state index is 0.344. The van der Waals surface area contributed by atoms with Gasteiger partial charge in [-0.2, -0.15) is 0 Å². The van der Waals surface area contributed by atoms with Crippen molar-refractivity contribution in [3.8, 4) is 5.69 Å². The standard InChI is InChI=1S/C11H11FN4O/c1-8(14-17-2)10-7-16(15-13-10)11-6-4-3-5-9(11)12/h3-7H,1-2H3. The second-order valence-electron chi connectivity index (χ2n) is 3.36. The Balaban J connectivity index is 2.37. The van der Waals surface area contributed by atoms with Gasteiger partial charge in [-0.15, -0.1) is 5.10 Å². The number of hydrogen-bond donors (Lipinski definition) is 0. The Bertz CT molecular complexity index is 550. The second kappa shape index (κ2) is 4.73. The van der Waals surface area contributed by atoms with E-state index in [1.54, 1.807) is 31.3 Å². The molecule has 1 aromatic heterocycles. The Morgan fingerprint density at radius 2 is 2.18 bits per heavy atom. The lowest BCUT2D eigenvalue weighted by Crippen LogP contribution is -1.98. The molecule has 5 nitrogen and oxygen atoms in total. The number of rotatable bonds is 3. The maximum atomic E-state index is 13.5. The van der Waals surface area contributed by atoms with Gasteiger partial charge in [-0.25, -0.2) is 9.07 Å². The van der Waals surface area contributed by atoms with Gasteiger partial charge in [0.2, 0.25) is 0 Å². The Kier molecular flexibility index (Phi) is 3.13. The summed E-state index contributed by atoms with van der Waals surface area (Å²) in [5.41, 5.74) is 1.46. The molecule has 0 saturated heterocycles. The largest absolute Gasteiger partial charge is 0.399 e. The van der Waals surface area contributed by atoms with Crippen LogP contribution in [0, 0.1) is 5.82 Å². The lowest BCUT2D eigenvalue weighted by atomic mass is 10.3. The predicted molar refractivity (Wildman–Crippen MR) is 60.5 cm³/mol. The molecule has 1 aromatic carbocycles. The second-order valence-corrected chi connectivity index (χ2v) is 3.36. The lowest BCUT2D eigenvalue weighted by molar-refractivity contribution is 0.213. The number of hydrogen-bond acceptors (Lipinski definition) is 4. The van der Waals surface area contributed by atoms with E-state index in [2.05, 4.69) is 20.3 Å². The van der Waals surface area contributed by atoms with Gasteiger partial charge < -0.3 is 4.84 Å². The van der Waals surface area contributed by atoms with Crippen molar-refractivity contribution in [3.63, 3.8) is 0 Å². The molecule has 0 bridgehead atoms. The van der Waals surface area contributed by atoms with Crippen LogP contribution in [0.4, 0.5) is 4.39 Å². The predicted octanol–water partition coefficient (Wildman–Crippen LogP) is 1.78. The molecule has 0 atom stereocenters. The quantitative estimate of drug-likeness (QED) is 0.600. The molecular weight excluding hydrogens is 223 g/mol. The first-order chi connectivity index (χ1) is 8.22. The summed E-state index contributed by atoms with van der Waals surface area (Å²) >= 11 is 0. The molecule has 0 aliphatic rings. The summed E-state index contributed by atoms with van der Waals surface area (Å²) < 4.78 is 14.9. The highest BCUT2D eigenvalue weighted by Crippen LogP contribution is 2.11. The van der Waals surface area contributed by atoms with E-state index in [0.717, 1.165) is 0 Å². The van der Waals surface area contributed by atoms with Gasteiger partial charge in [0, 0.05) is 0 Å². The van der Waals surface area contributed by atoms with Crippen LogP contribution in [0.1, 0.15) is 12.6 Å². The van der Waals surface area contributed by atoms with Crippen molar-refractivity contribution in [2.45, 2.75) is 6.92 Å². The maximum absolute atomic E-state index is 13.5. The summed E-state index contributed by atoms with van der Waals surface area (Å²) in [6.07, 6.45) is 1.59. The molecule has 6 heteroatoms. The fraction of sp³-hybridized carbons (Fsp3) is 0.182. The summed E-state index contributed by atoms with van der Waals surface area (Å²) in [6.45, 7) is 1.74. The van der Waals surface area contributed by atoms with E-state index in [4.69, 9.17) is 0 Å². The average Bonchev–Trinajstić information content (AvgIpc) is 2.79. The SMILES string of the molecule is CON=C(C)c1cn(-c2ccccc2F)nn1. The minimum Gasteiger partial charge on any atom is -0.399 e. The number of nitrogens with zero attached hydrogens (tertiary/aromatic N) is 4. The Morgan fingerprint density at radius 3 is 2.88 bits per heavy atom. The molecule has 2 aromatic rings. The van der Waals surface area contributed by atoms with Crippen molar-refractivity contribution >= 4 is 5.71 Å². The summed E-state index contributed by atoms with van der Waals surface area (Å²) in [6, 6.07) is 6.34. The summed E-state index contributed by atoms with van der Waals surface area (Å²) in [5, 5.41) is 11.5. The van der Waals surface area contributed by atoms with Gasteiger partial charge in [0.25, 0.3) is 0 Å². The fourth-order valence-corrected chi connectivity index (χ4v) is 1.37. The van der Waals surface area contributed by atoms with Gasteiger partial charge >= 0.3 is 0 Å². The van der Waals surface area contributed by atoms with E-state index in [9.17, 15) is 4.39 Å². The van der Waals surface area contributed by atoms with Crippen LogP contribution in [-0.2, 0) is 4.84 Å². The number of aromatic nitrogens is 3. The zero-order chi connectivity index (χ0) is 12.3. The molecule has 0 fully saturated rings. The molecule has 0 saturated carbocycles. The molecule has 0 spiro atoms. The molecule has 17 heavy (non-hydrogen) atoms. The van der Waals surface area contributed by atoms with E-state index >= 15 is 0 Å². The van der Waals surface area contributed by atoms with Crippen LogP contribution in [-0.4, -0.2) is 27.8 Å². The molecule has 0 aliphatic carbocycles. The number of benzene rings is 1. The van der Waals surface area contributed by atoms with Crippen molar-refractivity contribution in [1.82, 2.24) is 15.0 Å². The van der Waals surface area contributed by atoms with Crippen LogP contribution in [0.3, 0.4) is 0 Å². The first-order valence-electron chi connectivity index (χ1n) is 4.97. The molecular formula is C11H11FN4O. The highest BCUT2D eigenvalue weighted by atomic mass is 19.1. The Labute approximate surface area is 97.5 Å². The minimum atomic E-state index is -0.356. The van der Waals surface area contributed by atoms with Gasteiger partial charge in [-0.1, -0.05) is 22.5 Å². The van der Waals surface area contributed by atoms with Crippen LogP contribution < -0.4 is 0 Å². The van der Waals surface area contributed by atoms with Crippen LogP contribution in [0.15, 0.2) is 35.6 Å². The van der Waals surface area contributed by atoms with Crippen LogP contribution >= 0.6 is 0 Å². The van der Waals surface area contributed by atoms with Gasteiger partial charge in [0.15, 0.2) is 0 Å². The van der Waals surface area contributed by atoms with Crippen molar-refractivity contribution in [1.29, 1.82) is 0 Å². The van der Waals surface area contributed by atoms with Crippen molar-refractivity contribution in [3.05, 3.63) is 42.0 Å². The van der Waals surface area contributed by atoms with E-state index < -0.39 is 0 Å². The highest BCUT2D eigenvalue weighted by Gasteiger charge is 2.08. The van der Waals surface area contributed by atoms with Gasteiger partial charge in [0.05, 0.1) is 6.20 Å². The summed E-state index contributed by atoms with van der Waals surface area (Å²) in [7, 11) is 1.45. The number of para-hydroxylation sites is 1. The molecule has 0 unspecified atom stereocenters. The lowest BCUT2D eigenvalue weighted by Gasteiger charge is -2.00. The monoisotopic (exact) mass is 234 g/mol. The summed E-state index contributed by atoms with van der Waals surface area (Å²) in [4.78, 5) is 4.63. The highest BCUT2D eigenvalue weighted by molar-refractivity contribution is 5.96. The van der Waals surface area contributed by atoms with Crippen molar-refractivity contribution in [2.24, 2.45) is 5.16 Å². The zero-order valence-electron chi connectivity index (χ0n) is 9.46. The third-order valence-corrected chi connectivity index (χ3v) is 2.19. The van der Waals surface area contributed by atoms with Crippen LogP contribution in [0.25, 0.3) is 5.69 Å². The van der Waals surface area contributed by atoms with Crippen LogP contribution in [0.5, 0.6) is 0 Å². The first-order valence-corrected chi connectivity index (χ1v) is 4.97. The molecule has 0 aliphatic heterocycles. The number of halogens is 1. The van der Waals surface area contributed by atoms with E-state index in [1.807, 2.05) is 0 Å². The Hall–Kier alpha value is -2.24. The average molecular weight is 234 g/mol. The smallest absolute Gasteiger partial charge is 0.148 e.